The predicted molar refractivity (Wildman–Crippen MR) is 54.9 cm³/mol. The maximum Gasteiger partial charge on any atom is 0.222 e. The van der Waals surface area contributed by atoms with Crippen molar-refractivity contribution in [3.63, 3.8) is 0 Å². The summed E-state index contributed by atoms with van der Waals surface area (Å²) >= 11 is 0. The zero-order valence-electron chi connectivity index (χ0n) is 8.44. The lowest BCUT2D eigenvalue weighted by molar-refractivity contribution is -0.121. The lowest BCUT2D eigenvalue weighted by Crippen LogP contribution is -2.26. The van der Waals surface area contributed by atoms with E-state index < -0.39 is 0 Å². The Balaban J connectivity index is 1.82. The van der Waals surface area contributed by atoms with E-state index in [0.29, 0.717) is 24.7 Å². The fourth-order valence-corrected chi connectivity index (χ4v) is 1.46. The van der Waals surface area contributed by atoms with Crippen molar-refractivity contribution in [2.45, 2.75) is 31.8 Å². The van der Waals surface area contributed by atoms with Crippen molar-refractivity contribution in [2.75, 3.05) is 0 Å². The average Bonchev–Trinajstić information content (AvgIpc) is 2.92. The van der Waals surface area contributed by atoms with Crippen LogP contribution < -0.4 is 5.32 Å². The van der Waals surface area contributed by atoms with E-state index in [0.717, 1.165) is 12.8 Å². The number of nitrogens with one attached hydrogen (secondary N) is 1. The smallest absolute Gasteiger partial charge is 0.222 e. The van der Waals surface area contributed by atoms with Crippen LogP contribution in [0.3, 0.4) is 0 Å². The average molecular weight is 203 g/mol. The van der Waals surface area contributed by atoms with Gasteiger partial charge < -0.3 is 9.88 Å². The number of nitrogens with zero attached hydrogens (tertiary/aromatic N) is 2. The summed E-state index contributed by atoms with van der Waals surface area (Å²) in [6, 6.07) is 6.06. The minimum atomic E-state index is 0.0788. The van der Waals surface area contributed by atoms with E-state index in [4.69, 9.17) is 5.26 Å². The molecule has 0 radical (unpaired) electrons. The number of carbonyl (C=O) groups is 1. The Hall–Kier alpha value is -1.76. The van der Waals surface area contributed by atoms with Crippen LogP contribution in [0.2, 0.25) is 0 Å². The number of aryl methyl sites for hydroxylation is 1. The molecular formula is C11H13N3O. The number of rotatable bonds is 4. The van der Waals surface area contributed by atoms with Crippen LogP contribution in [-0.2, 0) is 11.3 Å². The van der Waals surface area contributed by atoms with Gasteiger partial charge in [0.25, 0.3) is 0 Å². The summed E-state index contributed by atoms with van der Waals surface area (Å²) in [5.41, 5.74) is 0.606. The molecule has 1 amide bonds. The number of nitriles is 1. The summed E-state index contributed by atoms with van der Waals surface area (Å²) in [6.07, 6.45) is 4.49. The number of amides is 1. The fourth-order valence-electron chi connectivity index (χ4n) is 1.46. The van der Waals surface area contributed by atoms with Crippen LogP contribution in [0.5, 0.6) is 0 Å². The molecule has 2 rings (SSSR count). The van der Waals surface area contributed by atoms with Gasteiger partial charge in [0.1, 0.15) is 11.8 Å². The second-order valence-corrected chi connectivity index (χ2v) is 3.79. The van der Waals surface area contributed by atoms with E-state index in [1.807, 2.05) is 12.3 Å². The molecule has 0 aromatic carbocycles. The molecule has 0 atom stereocenters. The number of hydrogen-bond donors (Lipinski definition) is 1. The highest BCUT2D eigenvalue weighted by molar-refractivity contribution is 5.76. The van der Waals surface area contributed by atoms with Crippen LogP contribution in [0, 0.1) is 11.3 Å². The van der Waals surface area contributed by atoms with Gasteiger partial charge in [0, 0.05) is 25.2 Å². The zero-order valence-corrected chi connectivity index (χ0v) is 8.44. The van der Waals surface area contributed by atoms with Crippen LogP contribution in [-0.4, -0.2) is 16.5 Å². The maximum absolute atomic E-state index is 11.4. The largest absolute Gasteiger partial charge is 0.353 e. The summed E-state index contributed by atoms with van der Waals surface area (Å²) in [5.74, 6) is 0.0788. The molecule has 1 aliphatic rings. The molecule has 1 heterocycles. The van der Waals surface area contributed by atoms with Crippen LogP contribution in [0.15, 0.2) is 18.3 Å². The van der Waals surface area contributed by atoms with Gasteiger partial charge in [-0.05, 0) is 25.0 Å². The van der Waals surface area contributed by atoms with Gasteiger partial charge in [-0.1, -0.05) is 0 Å². The Morgan fingerprint density at radius 1 is 1.67 bits per heavy atom. The van der Waals surface area contributed by atoms with Gasteiger partial charge in [-0.15, -0.1) is 0 Å². The molecule has 1 saturated carbocycles. The molecule has 0 spiro atoms. The standard InChI is InChI=1S/C11H13N3O/c12-8-10-2-1-6-14(10)7-5-11(15)13-9-3-4-9/h1-2,6,9H,3-5,7H2,(H,13,15). The third-order valence-electron chi connectivity index (χ3n) is 2.47. The normalized spacial score (nSPS) is 14.6. The Morgan fingerprint density at radius 3 is 3.13 bits per heavy atom. The Bertz CT molecular complexity index is 398. The third kappa shape index (κ3) is 2.59. The van der Waals surface area contributed by atoms with Gasteiger partial charge in [-0.25, -0.2) is 0 Å². The van der Waals surface area contributed by atoms with Crippen LogP contribution >= 0.6 is 0 Å². The first-order valence-electron chi connectivity index (χ1n) is 5.14. The van der Waals surface area contributed by atoms with E-state index >= 15 is 0 Å². The highest BCUT2D eigenvalue weighted by atomic mass is 16.1. The van der Waals surface area contributed by atoms with E-state index in [9.17, 15) is 4.79 Å². The molecule has 1 aromatic heterocycles. The summed E-state index contributed by atoms with van der Waals surface area (Å²) in [6.45, 7) is 0.578. The molecule has 78 valence electrons. The van der Waals surface area contributed by atoms with Crippen molar-refractivity contribution in [2.24, 2.45) is 0 Å². The number of aromatic nitrogens is 1. The second-order valence-electron chi connectivity index (χ2n) is 3.79. The van der Waals surface area contributed by atoms with Crippen molar-refractivity contribution in [1.82, 2.24) is 9.88 Å². The summed E-state index contributed by atoms with van der Waals surface area (Å²) in [5, 5.41) is 11.7. The van der Waals surface area contributed by atoms with E-state index in [1.165, 1.54) is 0 Å². The molecule has 1 fully saturated rings. The molecule has 0 unspecified atom stereocenters. The van der Waals surface area contributed by atoms with Crippen molar-refractivity contribution in [3.8, 4) is 6.07 Å². The van der Waals surface area contributed by atoms with Crippen molar-refractivity contribution in [1.29, 1.82) is 5.26 Å². The Kier molecular flexibility index (Phi) is 2.72. The maximum atomic E-state index is 11.4. The van der Waals surface area contributed by atoms with E-state index in [-0.39, 0.29) is 5.91 Å². The molecule has 4 heteroatoms. The number of hydrogen-bond acceptors (Lipinski definition) is 2. The van der Waals surface area contributed by atoms with Crippen molar-refractivity contribution < 1.29 is 4.79 Å². The molecule has 15 heavy (non-hydrogen) atoms. The molecule has 1 N–H and O–H groups in total. The molecule has 1 aliphatic carbocycles. The molecule has 0 aliphatic heterocycles. The fraction of sp³-hybridized carbons (Fsp3) is 0.455. The first-order chi connectivity index (χ1) is 7.29. The third-order valence-corrected chi connectivity index (χ3v) is 2.47. The predicted octanol–water partition coefficient (Wildman–Crippen LogP) is 1.03. The first-order valence-corrected chi connectivity index (χ1v) is 5.14. The van der Waals surface area contributed by atoms with E-state index in [2.05, 4.69) is 11.4 Å². The SMILES string of the molecule is N#Cc1cccn1CCC(=O)NC1CC1. The molecule has 0 bridgehead atoms. The minimum Gasteiger partial charge on any atom is -0.353 e. The second kappa shape index (κ2) is 4.18. The first kappa shape index (κ1) is 9.78. The minimum absolute atomic E-state index is 0.0788. The number of carbonyl (C=O) groups excluding carboxylic acids is 1. The van der Waals surface area contributed by atoms with Gasteiger partial charge in [-0.2, -0.15) is 5.26 Å². The van der Waals surface area contributed by atoms with Gasteiger partial charge in [0.05, 0.1) is 0 Å². The summed E-state index contributed by atoms with van der Waals surface area (Å²) in [4.78, 5) is 11.4. The lowest BCUT2D eigenvalue weighted by Gasteiger charge is -2.05. The topological polar surface area (TPSA) is 57.8 Å². The van der Waals surface area contributed by atoms with E-state index in [1.54, 1.807) is 10.6 Å². The van der Waals surface area contributed by atoms with Gasteiger partial charge >= 0.3 is 0 Å². The van der Waals surface area contributed by atoms with Crippen LogP contribution in [0.25, 0.3) is 0 Å². The summed E-state index contributed by atoms with van der Waals surface area (Å²) < 4.78 is 1.80. The summed E-state index contributed by atoms with van der Waals surface area (Å²) in [7, 11) is 0. The van der Waals surface area contributed by atoms with Crippen LogP contribution in [0.4, 0.5) is 0 Å². The van der Waals surface area contributed by atoms with Gasteiger partial charge in [-0.3, -0.25) is 4.79 Å². The highest BCUT2D eigenvalue weighted by Gasteiger charge is 2.22. The molecular weight excluding hydrogens is 190 g/mol. The van der Waals surface area contributed by atoms with Gasteiger partial charge in [0.2, 0.25) is 5.91 Å². The van der Waals surface area contributed by atoms with Crippen LogP contribution in [0.1, 0.15) is 25.0 Å². The Morgan fingerprint density at radius 2 is 2.47 bits per heavy atom. The van der Waals surface area contributed by atoms with Crippen molar-refractivity contribution in [3.05, 3.63) is 24.0 Å². The lowest BCUT2D eigenvalue weighted by atomic mass is 10.3. The monoisotopic (exact) mass is 203 g/mol. The highest BCUT2D eigenvalue weighted by Crippen LogP contribution is 2.18. The van der Waals surface area contributed by atoms with Gasteiger partial charge in [0.15, 0.2) is 0 Å². The molecule has 0 saturated heterocycles. The Labute approximate surface area is 88.5 Å². The molecule has 4 nitrogen and oxygen atoms in total. The quantitative estimate of drug-likeness (QED) is 0.794. The zero-order chi connectivity index (χ0) is 10.7. The van der Waals surface area contributed by atoms with Crippen molar-refractivity contribution >= 4 is 5.91 Å². The molecule has 1 aromatic rings.